The number of benzene rings is 1. The van der Waals surface area contributed by atoms with Crippen LogP contribution in [0.3, 0.4) is 0 Å². The van der Waals surface area contributed by atoms with Crippen molar-refractivity contribution in [2.75, 3.05) is 31.1 Å². The average molecular weight is 380 g/mol. The Balaban J connectivity index is 1.46. The molecule has 0 saturated carbocycles. The largest absolute Gasteiger partial charge is 0.507 e. The van der Waals surface area contributed by atoms with E-state index in [9.17, 15) is 9.90 Å². The maximum absolute atomic E-state index is 12.4. The van der Waals surface area contributed by atoms with Gasteiger partial charge in [-0.2, -0.15) is 0 Å². The molecule has 1 saturated heterocycles. The number of aromatic nitrogens is 6. The Kier molecular flexibility index (Phi) is 4.83. The molecule has 0 bridgehead atoms. The van der Waals surface area contributed by atoms with E-state index < -0.39 is 0 Å². The number of para-hydroxylation sites is 1. The molecule has 0 spiro atoms. The molecule has 1 fully saturated rings. The Morgan fingerprint density at radius 2 is 1.93 bits per heavy atom. The van der Waals surface area contributed by atoms with Gasteiger partial charge in [0.2, 0.25) is 5.91 Å². The lowest BCUT2D eigenvalue weighted by Crippen LogP contribution is -2.50. The van der Waals surface area contributed by atoms with Gasteiger partial charge in [0.1, 0.15) is 24.4 Å². The van der Waals surface area contributed by atoms with Crippen LogP contribution in [-0.4, -0.2) is 72.3 Å². The first-order chi connectivity index (χ1) is 13.6. The molecule has 0 aliphatic carbocycles. The third-order valence-corrected chi connectivity index (χ3v) is 4.63. The fourth-order valence-corrected chi connectivity index (χ4v) is 3.17. The van der Waals surface area contributed by atoms with Crippen LogP contribution in [0.2, 0.25) is 0 Å². The van der Waals surface area contributed by atoms with Gasteiger partial charge in [0, 0.05) is 37.9 Å². The van der Waals surface area contributed by atoms with E-state index in [0.29, 0.717) is 37.6 Å². The van der Waals surface area contributed by atoms with E-state index in [0.717, 1.165) is 11.5 Å². The molecule has 1 aliphatic heterocycles. The maximum Gasteiger partial charge on any atom is 0.244 e. The first kappa shape index (κ1) is 17.8. The lowest BCUT2D eigenvalue weighted by Gasteiger charge is -2.35. The van der Waals surface area contributed by atoms with Gasteiger partial charge in [0.15, 0.2) is 5.82 Å². The minimum atomic E-state index is -0.0132. The fraction of sp³-hybridized carbons (Fsp3) is 0.333. The van der Waals surface area contributed by atoms with Gasteiger partial charge in [0.05, 0.1) is 5.56 Å². The predicted molar refractivity (Wildman–Crippen MR) is 100 cm³/mol. The van der Waals surface area contributed by atoms with E-state index in [2.05, 4.69) is 30.4 Å². The Labute approximate surface area is 161 Å². The second-order valence-corrected chi connectivity index (χ2v) is 6.58. The van der Waals surface area contributed by atoms with Crippen LogP contribution in [-0.2, 0) is 11.3 Å². The molecule has 4 rings (SSSR count). The first-order valence-corrected chi connectivity index (χ1v) is 8.98. The van der Waals surface area contributed by atoms with E-state index in [1.165, 1.54) is 11.0 Å². The molecule has 3 heterocycles. The van der Waals surface area contributed by atoms with Crippen molar-refractivity contribution in [3.63, 3.8) is 0 Å². The standard InChI is InChI=1S/C18H20N8O2/c1-13-10-16(21-18(20-13)14-4-2-3-5-15(14)27)24-6-8-25(9-7-24)17(28)11-26-12-19-22-23-26/h2-5,10,12,27H,6-9,11H2,1H3. The van der Waals surface area contributed by atoms with Crippen LogP contribution in [0.1, 0.15) is 5.69 Å². The van der Waals surface area contributed by atoms with E-state index in [1.54, 1.807) is 23.1 Å². The summed E-state index contributed by atoms with van der Waals surface area (Å²) in [6.45, 7) is 4.56. The van der Waals surface area contributed by atoms with Crippen LogP contribution in [0.4, 0.5) is 5.82 Å². The summed E-state index contributed by atoms with van der Waals surface area (Å²) in [7, 11) is 0. The van der Waals surface area contributed by atoms with Gasteiger partial charge >= 0.3 is 0 Å². The Bertz CT molecular complexity index is 967. The van der Waals surface area contributed by atoms with E-state index in [-0.39, 0.29) is 18.2 Å². The number of phenols is 1. The molecule has 0 atom stereocenters. The molecule has 10 heteroatoms. The van der Waals surface area contributed by atoms with Gasteiger partial charge in [-0.1, -0.05) is 12.1 Å². The first-order valence-electron chi connectivity index (χ1n) is 8.98. The van der Waals surface area contributed by atoms with Crippen LogP contribution in [0.25, 0.3) is 11.4 Å². The highest BCUT2D eigenvalue weighted by atomic mass is 16.3. The van der Waals surface area contributed by atoms with Gasteiger partial charge < -0.3 is 14.9 Å². The van der Waals surface area contributed by atoms with Gasteiger partial charge in [0.25, 0.3) is 0 Å². The number of carbonyl (C=O) groups is 1. The molecule has 1 amide bonds. The van der Waals surface area contributed by atoms with Crippen LogP contribution < -0.4 is 4.90 Å². The Morgan fingerprint density at radius 1 is 1.14 bits per heavy atom. The molecule has 1 N–H and O–H groups in total. The number of hydrogen-bond donors (Lipinski definition) is 1. The molecule has 2 aromatic heterocycles. The van der Waals surface area contributed by atoms with Crippen molar-refractivity contribution < 1.29 is 9.90 Å². The third kappa shape index (κ3) is 3.75. The normalized spacial score (nSPS) is 14.3. The summed E-state index contributed by atoms with van der Waals surface area (Å²) < 4.78 is 1.42. The molecule has 28 heavy (non-hydrogen) atoms. The highest BCUT2D eigenvalue weighted by Crippen LogP contribution is 2.27. The fourth-order valence-electron chi connectivity index (χ4n) is 3.17. The van der Waals surface area contributed by atoms with Crippen LogP contribution in [0.15, 0.2) is 36.7 Å². The molecule has 3 aromatic rings. The molecule has 0 unspecified atom stereocenters. The molecule has 144 valence electrons. The SMILES string of the molecule is Cc1cc(N2CCN(C(=O)Cn3cnnn3)CC2)nc(-c2ccccc2O)n1. The molecular weight excluding hydrogens is 360 g/mol. The van der Waals surface area contributed by atoms with Crippen LogP contribution in [0.5, 0.6) is 5.75 Å². The minimum Gasteiger partial charge on any atom is -0.507 e. The Morgan fingerprint density at radius 3 is 2.64 bits per heavy atom. The highest BCUT2D eigenvalue weighted by molar-refractivity contribution is 5.76. The summed E-state index contributed by atoms with van der Waals surface area (Å²) in [4.78, 5) is 25.4. The van der Waals surface area contributed by atoms with Gasteiger partial charge in [-0.05, 0) is 29.5 Å². The van der Waals surface area contributed by atoms with Crippen LogP contribution in [0, 0.1) is 6.92 Å². The number of aromatic hydroxyl groups is 1. The van der Waals surface area contributed by atoms with E-state index in [4.69, 9.17) is 0 Å². The quantitative estimate of drug-likeness (QED) is 0.696. The molecule has 1 aliphatic rings. The van der Waals surface area contributed by atoms with Crippen molar-refractivity contribution in [2.24, 2.45) is 0 Å². The second-order valence-electron chi connectivity index (χ2n) is 6.58. The topological polar surface area (TPSA) is 113 Å². The summed E-state index contributed by atoms with van der Waals surface area (Å²) in [6.07, 6.45) is 1.43. The summed E-state index contributed by atoms with van der Waals surface area (Å²) in [5.41, 5.74) is 1.42. The number of carbonyl (C=O) groups excluding carboxylic acids is 1. The van der Waals surface area contributed by atoms with Gasteiger partial charge in [-0.3, -0.25) is 4.79 Å². The molecule has 10 nitrogen and oxygen atoms in total. The summed E-state index contributed by atoms with van der Waals surface area (Å²) >= 11 is 0. The monoisotopic (exact) mass is 380 g/mol. The Hall–Kier alpha value is -3.56. The number of aryl methyl sites for hydroxylation is 1. The van der Waals surface area contributed by atoms with Crippen molar-refractivity contribution in [3.8, 4) is 17.1 Å². The zero-order chi connectivity index (χ0) is 19.5. The summed E-state index contributed by atoms with van der Waals surface area (Å²) in [6, 6.07) is 8.94. The maximum atomic E-state index is 12.4. The lowest BCUT2D eigenvalue weighted by atomic mass is 10.2. The lowest BCUT2D eigenvalue weighted by molar-refractivity contribution is -0.132. The number of piperazine rings is 1. The summed E-state index contributed by atoms with van der Waals surface area (Å²) in [5.74, 6) is 1.42. The van der Waals surface area contributed by atoms with E-state index in [1.807, 2.05) is 19.1 Å². The van der Waals surface area contributed by atoms with Gasteiger partial charge in [-0.15, -0.1) is 5.10 Å². The zero-order valence-electron chi connectivity index (χ0n) is 15.4. The number of tetrazole rings is 1. The van der Waals surface area contributed by atoms with Crippen molar-refractivity contribution in [3.05, 3.63) is 42.4 Å². The van der Waals surface area contributed by atoms with Gasteiger partial charge in [-0.25, -0.2) is 14.6 Å². The average Bonchev–Trinajstić information content (AvgIpc) is 3.21. The minimum absolute atomic E-state index is 0.0132. The number of rotatable bonds is 4. The molecule has 1 aromatic carbocycles. The highest BCUT2D eigenvalue weighted by Gasteiger charge is 2.23. The van der Waals surface area contributed by atoms with Crippen molar-refractivity contribution in [1.29, 1.82) is 0 Å². The number of nitrogens with zero attached hydrogens (tertiary/aromatic N) is 8. The van der Waals surface area contributed by atoms with Crippen molar-refractivity contribution in [2.45, 2.75) is 13.5 Å². The predicted octanol–water partition coefficient (Wildman–Crippen LogP) is 0.493. The number of anilines is 1. The molecular formula is C18H20N8O2. The van der Waals surface area contributed by atoms with Crippen molar-refractivity contribution >= 4 is 11.7 Å². The van der Waals surface area contributed by atoms with Crippen molar-refractivity contribution in [1.82, 2.24) is 35.1 Å². The van der Waals surface area contributed by atoms with Crippen LogP contribution >= 0.6 is 0 Å². The number of hydrogen-bond acceptors (Lipinski definition) is 8. The zero-order valence-corrected chi connectivity index (χ0v) is 15.4. The smallest absolute Gasteiger partial charge is 0.244 e. The number of phenolic OH excluding ortho intramolecular Hbond substituents is 1. The summed E-state index contributed by atoms with van der Waals surface area (Å²) in [5, 5.41) is 20.9. The third-order valence-electron chi connectivity index (χ3n) is 4.63. The molecule has 0 radical (unpaired) electrons. The van der Waals surface area contributed by atoms with E-state index >= 15 is 0 Å². The number of amides is 1. The second kappa shape index (κ2) is 7.59.